The third kappa shape index (κ3) is 4.35. The second-order valence-electron chi connectivity index (χ2n) is 7.68. The second-order valence-corrected chi connectivity index (χ2v) is 10.2. The Balaban J connectivity index is 1.98. The molecule has 1 heterocycles. The van der Waals surface area contributed by atoms with Crippen molar-refractivity contribution in [1.29, 1.82) is 0 Å². The number of methoxy groups -OCH3 is 1. The van der Waals surface area contributed by atoms with Crippen LogP contribution in [-0.2, 0) is 14.7 Å². The first kappa shape index (κ1) is 21.5. The van der Waals surface area contributed by atoms with Gasteiger partial charge in [0.1, 0.15) is 6.73 Å². The molecule has 3 aromatic carbocycles. The van der Waals surface area contributed by atoms with Crippen LogP contribution in [0.2, 0.25) is 0 Å². The normalized spacial score (nSPS) is 19.1. The van der Waals surface area contributed by atoms with Crippen molar-refractivity contribution in [3.8, 4) is 0 Å². The Bertz CT molecular complexity index is 979. The minimum absolute atomic E-state index is 0.0991. The number of nitrogens with one attached hydrogen (secondary N) is 1. The first-order valence-electron chi connectivity index (χ1n) is 10.7. The number of carbonyl (C=O) groups excluding carboxylic acids is 1. The molecule has 0 aromatic heterocycles. The lowest BCUT2D eigenvalue weighted by Gasteiger charge is -2.48. The Hall–Kier alpha value is -2.74. The maximum Gasteiger partial charge on any atom is 0.245 e. The van der Waals surface area contributed by atoms with E-state index in [2.05, 4.69) is 96.3 Å². The number of hydrogen-bond acceptors (Lipinski definition) is 2. The van der Waals surface area contributed by atoms with Crippen LogP contribution in [0.3, 0.4) is 0 Å². The van der Waals surface area contributed by atoms with Gasteiger partial charge in [-0.15, -0.1) is 0 Å². The second kappa shape index (κ2) is 10.0. The lowest BCUT2D eigenvalue weighted by molar-refractivity contribution is -0.117. The van der Waals surface area contributed by atoms with Crippen LogP contribution >= 0.6 is 7.92 Å². The molecule has 3 aromatic rings. The summed E-state index contributed by atoms with van der Waals surface area (Å²) in [5, 5.41) is 3.87. The highest BCUT2D eigenvalue weighted by Crippen LogP contribution is 2.66. The Morgan fingerprint density at radius 2 is 1.48 bits per heavy atom. The maximum atomic E-state index is 12.8. The van der Waals surface area contributed by atoms with Crippen molar-refractivity contribution in [1.82, 2.24) is 5.32 Å². The van der Waals surface area contributed by atoms with Crippen LogP contribution in [0.4, 0.5) is 0 Å². The quantitative estimate of drug-likeness (QED) is 0.333. The van der Waals surface area contributed by atoms with Crippen LogP contribution in [-0.4, -0.2) is 25.9 Å². The molecular formula is C27H28NO2P. The van der Waals surface area contributed by atoms with Crippen LogP contribution in [0.1, 0.15) is 24.0 Å². The van der Waals surface area contributed by atoms with Crippen LogP contribution in [0.5, 0.6) is 0 Å². The summed E-state index contributed by atoms with van der Waals surface area (Å²) in [5.74, 6) is -0.0991. The molecule has 1 amide bonds. The first-order valence-corrected chi connectivity index (χ1v) is 12.2. The predicted molar refractivity (Wildman–Crippen MR) is 129 cm³/mol. The van der Waals surface area contributed by atoms with Crippen molar-refractivity contribution in [2.75, 3.05) is 20.0 Å². The van der Waals surface area contributed by atoms with E-state index in [4.69, 9.17) is 4.74 Å². The highest BCUT2D eigenvalue weighted by atomic mass is 31.1. The van der Waals surface area contributed by atoms with Crippen molar-refractivity contribution in [2.45, 2.75) is 18.0 Å². The standard InChI is InChI=1S/C27H28NO2P/c1-30-21-28-26(29)20-24-16-11-19-31(25-17-9-4-10-18-25)27(24,22-12-5-2-6-13-22)23-14-7-3-8-15-23/h2-10,12-15,17-18,20H,11,16,19,21H2,1H3,(H,28,29). The Kier molecular flexibility index (Phi) is 6.96. The molecule has 1 aliphatic rings. The van der Waals surface area contributed by atoms with E-state index in [0.29, 0.717) is 0 Å². The number of ether oxygens (including phenoxy) is 1. The summed E-state index contributed by atoms with van der Waals surface area (Å²) >= 11 is 0. The van der Waals surface area contributed by atoms with Gasteiger partial charge in [-0.1, -0.05) is 98.9 Å². The lowest BCUT2D eigenvalue weighted by Crippen LogP contribution is -2.37. The van der Waals surface area contributed by atoms with E-state index >= 15 is 0 Å². The van der Waals surface area contributed by atoms with Gasteiger partial charge >= 0.3 is 0 Å². The number of allylic oxidation sites excluding steroid dienone is 1. The summed E-state index contributed by atoms with van der Waals surface area (Å²) in [6, 6.07) is 32.3. The summed E-state index contributed by atoms with van der Waals surface area (Å²) in [6.45, 7) is 0.208. The predicted octanol–water partition coefficient (Wildman–Crippen LogP) is 5.18. The average Bonchev–Trinajstić information content (AvgIpc) is 2.84. The third-order valence-corrected chi connectivity index (χ3v) is 9.14. The smallest absolute Gasteiger partial charge is 0.245 e. The highest BCUT2D eigenvalue weighted by molar-refractivity contribution is 7.67. The van der Waals surface area contributed by atoms with Crippen LogP contribution in [0.15, 0.2) is 103 Å². The molecule has 0 aliphatic carbocycles. The van der Waals surface area contributed by atoms with E-state index in [-0.39, 0.29) is 17.8 Å². The molecule has 31 heavy (non-hydrogen) atoms. The summed E-state index contributed by atoms with van der Waals surface area (Å²) in [6.07, 6.45) is 4.93. The first-order chi connectivity index (χ1) is 15.3. The van der Waals surface area contributed by atoms with Crippen LogP contribution in [0.25, 0.3) is 0 Å². The number of benzene rings is 3. The summed E-state index contributed by atoms with van der Waals surface area (Å²) < 4.78 is 5.06. The highest BCUT2D eigenvalue weighted by Gasteiger charge is 2.47. The van der Waals surface area contributed by atoms with Crippen LogP contribution in [0, 0.1) is 0 Å². The Morgan fingerprint density at radius 1 is 0.935 bits per heavy atom. The zero-order valence-corrected chi connectivity index (χ0v) is 18.7. The van der Waals surface area contributed by atoms with Crippen molar-refractivity contribution >= 4 is 19.1 Å². The van der Waals surface area contributed by atoms with Gasteiger partial charge in [-0.05, 0) is 41.0 Å². The number of amides is 1. The summed E-state index contributed by atoms with van der Waals surface area (Å²) in [5.41, 5.74) is 3.68. The Labute approximate surface area is 185 Å². The van der Waals surface area contributed by atoms with Gasteiger partial charge in [0.15, 0.2) is 0 Å². The van der Waals surface area contributed by atoms with Gasteiger partial charge in [-0.3, -0.25) is 4.79 Å². The molecule has 1 unspecified atom stereocenters. The van der Waals surface area contributed by atoms with Gasteiger partial charge in [0.25, 0.3) is 0 Å². The van der Waals surface area contributed by atoms with Crippen molar-refractivity contribution in [2.24, 2.45) is 0 Å². The van der Waals surface area contributed by atoms with E-state index in [0.717, 1.165) is 19.0 Å². The van der Waals surface area contributed by atoms with Gasteiger partial charge in [0.2, 0.25) is 5.91 Å². The van der Waals surface area contributed by atoms with E-state index in [9.17, 15) is 4.79 Å². The molecule has 1 saturated heterocycles. The van der Waals surface area contributed by atoms with E-state index in [1.165, 1.54) is 22.0 Å². The van der Waals surface area contributed by atoms with Gasteiger partial charge in [0, 0.05) is 13.2 Å². The molecule has 3 nitrogen and oxygen atoms in total. The van der Waals surface area contributed by atoms with Gasteiger partial charge in [-0.2, -0.15) is 0 Å². The maximum absolute atomic E-state index is 12.8. The molecule has 158 valence electrons. The molecular weight excluding hydrogens is 401 g/mol. The zero-order valence-electron chi connectivity index (χ0n) is 17.8. The zero-order chi connectivity index (χ0) is 21.5. The van der Waals surface area contributed by atoms with Gasteiger partial charge in [-0.25, -0.2) is 0 Å². The van der Waals surface area contributed by atoms with Gasteiger partial charge < -0.3 is 10.1 Å². The van der Waals surface area contributed by atoms with Gasteiger partial charge in [0.05, 0.1) is 5.16 Å². The molecule has 1 aliphatic heterocycles. The Morgan fingerprint density at radius 3 is 2.03 bits per heavy atom. The number of hydrogen-bond donors (Lipinski definition) is 1. The minimum atomic E-state index is -0.629. The third-order valence-electron chi connectivity index (χ3n) is 5.84. The van der Waals surface area contributed by atoms with Crippen LogP contribution < -0.4 is 10.6 Å². The van der Waals surface area contributed by atoms with Crippen molar-refractivity contribution < 1.29 is 9.53 Å². The number of carbonyl (C=O) groups is 1. The average molecular weight is 430 g/mol. The molecule has 0 saturated carbocycles. The number of rotatable bonds is 6. The molecule has 0 bridgehead atoms. The summed E-state index contributed by atoms with van der Waals surface area (Å²) in [4.78, 5) is 12.8. The largest absolute Gasteiger partial charge is 0.364 e. The molecule has 0 radical (unpaired) electrons. The molecule has 4 heteroatoms. The molecule has 1 N–H and O–H groups in total. The monoisotopic (exact) mass is 429 g/mol. The fraction of sp³-hybridized carbons (Fsp3) is 0.222. The SMILES string of the molecule is COCNC(=O)C=C1CCCP(c2ccccc2)C1(c1ccccc1)c1ccccc1. The van der Waals surface area contributed by atoms with E-state index in [1.54, 1.807) is 7.11 Å². The molecule has 1 atom stereocenters. The van der Waals surface area contributed by atoms with E-state index < -0.39 is 7.92 Å². The van der Waals surface area contributed by atoms with Crippen molar-refractivity contribution in [3.63, 3.8) is 0 Å². The lowest BCUT2D eigenvalue weighted by atomic mass is 9.81. The molecule has 0 spiro atoms. The summed E-state index contributed by atoms with van der Waals surface area (Å²) in [7, 11) is 0.955. The molecule has 1 fully saturated rings. The van der Waals surface area contributed by atoms with E-state index in [1.807, 2.05) is 6.08 Å². The van der Waals surface area contributed by atoms with Crippen molar-refractivity contribution in [3.05, 3.63) is 114 Å². The fourth-order valence-corrected chi connectivity index (χ4v) is 8.05. The minimum Gasteiger partial charge on any atom is -0.364 e. The fourth-order valence-electron chi connectivity index (χ4n) is 4.62. The topological polar surface area (TPSA) is 38.3 Å². The molecule has 4 rings (SSSR count).